The van der Waals surface area contributed by atoms with Crippen molar-refractivity contribution in [1.82, 2.24) is 4.90 Å². The Hall–Kier alpha value is -2.20. The topological polar surface area (TPSA) is 102 Å². The standard InChI is InChI=1S/C17H21N3O5S2/c1-11-5-6-13(20(23)24)16(12(11)2)18-14(21)9-25-15(22)10-27-17(26)19-7-3-4-8-19/h5-6H,3-4,7-10H2,1-2H3,(H,18,21). The van der Waals surface area contributed by atoms with Gasteiger partial charge in [-0.25, -0.2) is 0 Å². The van der Waals surface area contributed by atoms with Crippen molar-refractivity contribution >= 4 is 51.6 Å². The van der Waals surface area contributed by atoms with E-state index in [-0.39, 0.29) is 17.1 Å². The predicted molar refractivity (Wildman–Crippen MR) is 108 cm³/mol. The highest BCUT2D eigenvalue weighted by molar-refractivity contribution is 8.23. The molecule has 0 radical (unpaired) electrons. The summed E-state index contributed by atoms with van der Waals surface area (Å²) >= 11 is 6.47. The van der Waals surface area contributed by atoms with E-state index in [2.05, 4.69) is 5.32 Å². The molecule has 27 heavy (non-hydrogen) atoms. The number of rotatable bonds is 6. The number of thioether (sulfide) groups is 1. The van der Waals surface area contributed by atoms with Gasteiger partial charge in [0.15, 0.2) is 6.61 Å². The molecule has 1 aliphatic rings. The minimum atomic E-state index is -0.632. The second kappa shape index (κ2) is 9.65. The molecule has 0 atom stereocenters. The Bertz CT molecular complexity index is 763. The van der Waals surface area contributed by atoms with Crippen LogP contribution in [0.5, 0.6) is 0 Å². The molecule has 0 unspecified atom stereocenters. The van der Waals surface area contributed by atoms with Crippen molar-refractivity contribution in [3.63, 3.8) is 0 Å². The van der Waals surface area contributed by atoms with Crippen LogP contribution in [-0.2, 0) is 14.3 Å². The van der Waals surface area contributed by atoms with Gasteiger partial charge in [-0.2, -0.15) is 0 Å². The first-order valence-corrected chi connectivity index (χ1v) is 9.80. The first-order valence-electron chi connectivity index (χ1n) is 8.41. The van der Waals surface area contributed by atoms with E-state index in [0.29, 0.717) is 9.88 Å². The van der Waals surface area contributed by atoms with E-state index >= 15 is 0 Å². The number of benzene rings is 1. The number of ether oxygens (including phenoxy) is 1. The normalized spacial score (nSPS) is 13.3. The average Bonchev–Trinajstić information content (AvgIpc) is 3.16. The van der Waals surface area contributed by atoms with E-state index < -0.39 is 23.4 Å². The highest BCUT2D eigenvalue weighted by Crippen LogP contribution is 2.30. The van der Waals surface area contributed by atoms with Gasteiger partial charge in [0.25, 0.3) is 11.6 Å². The lowest BCUT2D eigenvalue weighted by Gasteiger charge is -2.17. The Kier molecular flexibility index (Phi) is 7.55. The molecular weight excluding hydrogens is 390 g/mol. The number of hydrogen-bond donors (Lipinski definition) is 1. The lowest BCUT2D eigenvalue weighted by Crippen LogP contribution is -2.26. The second-order valence-corrected chi connectivity index (χ2v) is 7.73. The van der Waals surface area contributed by atoms with Gasteiger partial charge in [0.05, 0.1) is 10.7 Å². The molecule has 8 nitrogen and oxygen atoms in total. The summed E-state index contributed by atoms with van der Waals surface area (Å²) in [5.41, 5.74) is 1.31. The van der Waals surface area contributed by atoms with Gasteiger partial charge in [-0.15, -0.1) is 0 Å². The first kappa shape index (κ1) is 21.1. The molecule has 1 aromatic rings. The number of anilines is 1. The fourth-order valence-electron chi connectivity index (χ4n) is 2.59. The Morgan fingerprint density at radius 2 is 2.00 bits per heavy atom. The maximum Gasteiger partial charge on any atom is 0.316 e. The van der Waals surface area contributed by atoms with Crippen LogP contribution in [0.15, 0.2) is 12.1 Å². The van der Waals surface area contributed by atoms with Crippen molar-refractivity contribution in [3.8, 4) is 0 Å². The summed E-state index contributed by atoms with van der Waals surface area (Å²) in [6.07, 6.45) is 2.19. The number of thiocarbonyl (C=S) groups is 1. The monoisotopic (exact) mass is 411 g/mol. The maximum absolute atomic E-state index is 12.1. The van der Waals surface area contributed by atoms with Crippen LogP contribution in [0.1, 0.15) is 24.0 Å². The number of carbonyl (C=O) groups excluding carboxylic acids is 2. The minimum absolute atomic E-state index is 0.0201. The first-order chi connectivity index (χ1) is 12.8. The third-order valence-electron chi connectivity index (χ3n) is 4.22. The fourth-order valence-corrected chi connectivity index (χ4v) is 3.64. The molecule has 1 heterocycles. The number of likely N-dealkylation sites (tertiary alicyclic amines) is 1. The zero-order valence-corrected chi connectivity index (χ0v) is 16.8. The summed E-state index contributed by atoms with van der Waals surface area (Å²) in [6, 6.07) is 2.95. The summed E-state index contributed by atoms with van der Waals surface area (Å²) in [5, 5.41) is 13.6. The number of carbonyl (C=O) groups is 2. The van der Waals surface area contributed by atoms with Crippen molar-refractivity contribution in [1.29, 1.82) is 0 Å². The van der Waals surface area contributed by atoms with Gasteiger partial charge >= 0.3 is 5.97 Å². The Morgan fingerprint density at radius 1 is 1.33 bits per heavy atom. The summed E-state index contributed by atoms with van der Waals surface area (Å²) in [7, 11) is 0. The molecule has 1 aromatic carbocycles. The van der Waals surface area contributed by atoms with Crippen molar-refractivity contribution in [2.75, 3.05) is 30.8 Å². The third kappa shape index (κ3) is 5.90. The van der Waals surface area contributed by atoms with E-state index in [9.17, 15) is 19.7 Å². The van der Waals surface area contributed by atoms with E-state index in [4.69, 9.17) is 17.0 Å². The van der Waals surface area contributed by atoms with Gasteiger partial charge < -0.3 is 15.0 Å². The molecule has 1 N–H and O–H groups in total. The molecule has 1 fully saturated rings. The van der Waals surface area contributed by atoms with Gasteiger partial charge in [0.2, 0.25) is 0 Å². The molecule has 10 heteroatoms. The Labute approximate surface area is 166 Å². The van der Waals surface area contributed by atoms with E-state index in [0.717, 1.165) is 31.5 Å². The number of hydrogen-bond acceptors (Lipinski definition) is 7. The van der Waals surface area contributed by atoms with E-state index in [1.807, 2.05) is 4.90 Å². The lowest BCUT2D eigenvalue weighted by molar-refractivity contribution is -0.384. The minimum Gasteiger partial charge on any atom is -0.455 e. The van der Waals surface area contributed by atoms with E-state index in [1.165, 1.54) is 17.8 Å². The summed E-state index contributed by atoms with van der Waals surface area (Å²) in [6.45, 7) is 4.76. The number of esters is 1. The van der Waals surface area contributed by atoms with Gasteiger partial charge in [0.1, 0.15) is 10.0 Å². The van der Waals surface area contributed by atoms with Gasteiger partial charge in [-0.05, 0) is 37.8 Å². The van der Waals surface area contributed by atoms with Gasteiger partial charge in [0, 0.05) is 19.2 Å². The van der Waals surface area contributed by atoms with Crippen LogP contribution in [0.25, 0.3) is 0 Å². The Balaban J connectivity index is 1.84. The molecule has 0 aromatic heterocycles. The predicted octanol–water partition coefficient (Wildman–Crippen LogP) is 2.81. The zero-order chi connectivity index (χ0) is 20.0. The number of amides is 1. The molecule has 0 aliphatic carbocycles. The highest BCUT2D eigenvalue weighted by Gasteiger charge is 2.20. The van der Waals surface area contributed by atoms with Crippen molar-refractivity contribution < 1.29 is 19.2 Å². The van der Waals surface area contributed by atoms with Crippen molar-refractivity contribution in [2.45, 2.75) is 26.7 Å². The average molecular weight is 412 g/mol. The molecule has 146 valence electrons. The molecule has 1 aliphatic heterocycles. The van der Waals surface area contributed by atoms with Crippen molar-refractivity contribution in [3.05, 3.63) is 33.4 Å². The largest absolute Gasteiger partial charge is 0.455 e. The summed E-state index contributed by atoms with van der Waals surface area (Å²) in [5.74, 6) is -1.17. The number of aryl methyl sites for hydroxylation is 1. The number of nitro benzene ring substituents is 1. The van der Waals surface area contributed by atoms with E-state index in [1.54, 1.807) is 19.9 Å². The van der Waals surface area contributed by atoms with Gasteiger partial charge in [-0.3, -0.25) is 19.7 Å². The quantitative estimate of drug-likeness (QED) is 0.330. The number of nitro groups is 1. The van der Waals surface area contributed by atoms with Crippen LogP contribution < -0.4 is 5.32 Å². The number of nitrogens with zero attached hydrogens (tertiary/aromatic N) is 2. The molecule has 0 saturated carbocycles. The molecule has 0 bridgehead atoms. The molecule has 1 amide bonds. The fraction of sp³-hybridized carbons (Fsp3) is 0.471. The molecular formula is C17H21N3O5S2. The van der Waals surface area contributed by atoms with Crippen molar-refractivity contribution in [2.24, 2.45) is 0 Å². The van der Waals surface area contributed by atoms with Crippen LogP contribution in [0.4, 0.5) is 11.4 Å². The molecule has 1 saturated heterocycles. The van der Waals surface area contributed by atoms with Crippen LogP contribution in [-0.4, -0.2) is 51.5 Å². The van der Waals surface area contributed by atoms with Crippen LogP contribution in [0.3, 0.4) is 0 Å². The highest BCUT2D eigenvalue weighted by atomic mass is 32.2. The molecule has 0 spiro atoms. The SMILES string of the molecule is Cc1ccc([N+](=O)[O-])c(NC(=O)COC(=O)CSC(=S)N2CCCC2)c1C. The third-order valence-corrected chi connectivity index (χ3v) is 5.71. The Morgan fingerprint density at radius 3 is 2.63 bits per heavy atom. The van der Waals surface area contributed by atoms with Crippen LogP contribution in [0, 0.1) is 24.0 Å². The lowest BCUT2D eigenvalue weighted by atomic mass is 10.1. The molecule has 2 rings (SSSR count). The zero-order valence-electron chi connectivity index (χ0n) is 15.1. The van der Waals surface area contributed by atoms with Gasteiger partial charge in [-0.1, -0.05) is 30.0 Å². The van der Waals surface area contributed by atoms with Crippen LogP contribution >= 0.6 is 24.0 Å². The van der Waals surface area contributed by atoms with Crippen LogP contribution in [0.2, 0.25) is 0 Å². The maximum atomic E-state index is 12.1. The summed E-state index contributed by atoms with van der Waals surface area (Å²) in [4.78, 5) is 36.5. The number of nitrogens with one attached hydrogen (secondary N) is 1. The smallest absolute Gasteiger partial charge is 0.316 e. The summed E-state index contributed by atoms with van der Waals surface area (Å²) < 4.78 is 5.59. The second-order valence-electron chi connectivity index (χ2n) is 6.12.